The molecular weight excluding hydrogens is 398 g/mol. The third kappa shape index (κ3) is 6.00. The monoisotopic (exact) mass is 433 g/mol. The van der Waals surface area contributed by atoms with Gasteiger partial charge in [-0.1, -0.05) is 134 Å². The fourth-order valence-corrected chi connectivity index (χ4v) is 5.24. The van der Waals surface area contributed by atoms with Crippen LogP contribution in [0.4, 0.5) is 0 Å². The van der Waals surface area contributed by atoms with Gasteiger partial charge in [-0.05, 0) is 47.6 Å². The Bertz CT molecular complexity index is 883. The predicted octanol–water partition coefficient (Wildman–Crippen LogP) is 7.79. The summed E-state index contributed by atoms with van der Waals surface area (Å²) in [5.41, 5.74) is 11.4. The Labute approximate surface area is 199 Å². The van der Waals surface area contributed by atoms with Gasteiger partial charge in [0.05, 0.1) is 0 Å². The molecule has 0 aliphatic rings. The third-order valence-corrected chi connectivity index (χ3v) is 6.73. The van der Waals surface area contributed by atoms with Gasteiger partial charge in [0, 0.05) is 11.8 Å². The topological polar surface area (TPSA) is 26.0 Å². The highest BCUT2D eigenvalue weighted by Gasteiger charge is 2.33. The van der Waals surface area contributed by atoms with Crippen molar-refractivity contribution in [3.8, 4) is 0 Å². The molecule has 4 aromatic rings. The average molecular weight is 434 g/mol. The number of nitrogens with two attached hydrogens (primary N) is 1. The van der Waals surface area contributed by atoms with E-state index < -0.39 is 0 Å². The molecule has 0 aromatic heterocycles. The summed E-state index contributed by atoms with van der Waals surface area (Å²) in [6.07, 6.45) is 4.62. The Kier molecular flexibility index (Phi) is 8.49. The second-order valence-electron chi connectivity index (χ2n) is 8.90. The van der Waals surface area contributed by atoms with E-state index in [1.165, 1.54) is 35.1 Å². The molecule has 4 rings (SSSR count). The number of hydrogen-bond acceptors (Lipinski definition) is 1. The van der Waals surface area contributed by atoms with Crippen LogP contribution in [0.25, 0.3) is 0 Å². The zero-order chi connectivity index (χ0) is 22.7. The fraction of sp³-hybridized carbons (Fsp3) is 0.250. The molecule has 0 aliphatic heterocycles. The van der Waals surface area contributed by atoms with Gasteiger partial charge in [-0.15, -0.1) is 0 Å². The fourth-order valence-electron chi connectivity index (χ4n) is 5.24. The highest BCUT2D eigenvalue weighted by atomic mass is 14.5. The van der Waals surface area contributed by atoms with Gasteiger partial charge in [0.15, 0.2) is 0 Å². The van der Waals surface area contributed by atoms with Crippen LogP contribution in [-0.4, -0.2) is 6.54 Å². The minimum absolute atomic E-state index is 0.315. The van der Waals surface area contributed by atoms with Gasteiger partial charge in [0.25, 0.3) is 0 Å². The minimum atomic E-state index is 0.315. The van der Waals surface area contributed by atoms with Crippen molar-refractivity contribution in [1.82, 2.24) is 0 Å². The van der Waals surface area contributed by atoms with Crippen molar-refractivity contribution in [1.29, 1.82) is 0 Å². The summed E-state index contributed by atoms with van der Waals surface area (Å²) in [6.45, 7) is 0.770. The number of unbranched alkanes of at least 4 members (excludes halogenated alkanes) is 2. The molecule has 0 saturated carbocycles. The first-order valence-electron chi connectivity index (χ1n) is 12.3. The molecule has 1 nitrogen and oxygen atoms in total. The molecule has 0 radical (unpaired) electrons. The van der Waals surface area contributed by atoms with Crippen molar-refractivity contribution in [2.24, 2.45) is 11.7 Å². The molecule has 0 saturated heterocycles. The van der Waals surface area contributed by atoms with Gasteiger partial charge in [0.1, 0.15) is 0 Å². The highest BCUT2D eigenvalue weighted by molar-refractivity contribution is 5.39. The van der Waals surface area contributed by atoms with E-state index in [9.17, 15) is 0 Å². The zero-order valence-electron chi connectivity index (χ0n) is 19.4. The van der Waals surface area contributed by atoms with E-state index in [1.807, 2.05) is 0 Å². The zero-order valence-corrected chi connectivity index (χ0v) is 19.4. The van der Waals surface area contributed by atoms with E-state index in [-0.39, 0.29) is 0 Å². The van der Waals surface area contributed by atoms with Gasteiger partial charge in [-0.3, -0.25) is 0 Å². The minimum Gasteiger partial charge on any atom is -0.330 e. The summed E-state index contributed by atoms with van der Waals surface area (Å²) >= 11 is 0. The van der Waals surface area contributed by atoms with Crippen molar-refractivity contribution in [3.63, 3.8) is 0 Å². The van der Waals surface area contributed by atoms with Crippen LogP contribution in [0.15, 0.2) is 121 Å². The summed E-state index contributed by atoms with van der Waals surface area (Å²) in [6, 6.07) is 44.3. The van der Waals surface area contributed by atoms with Crippen LogP contribution >= 0.6 is 0 Å². The molecule has 0 spiro atoms. The van der Waals surface area contributed by atoms with Crippen LogP contribution in [0.3, 0.4) is 0 Å². The standard InChI is InChI=1S/C32H35N/c33-25-15-5-14-24-30(31(26-16-6-1-7-17-26)27-18-8-2-9-19-27)32(28-20-10-3-11-21-28)29-22-12-4-13-23-29/h1-4,6-13,16-23,30-32H,5,14-15,24-25,33H2. The first-order chi connectivity index (χ1) is 16.4. The second-order valence-corrected chi connectivity index (χ2v) is 8.90. The number of rotatable bonds is 11. The molecule has 1 heteroatoms. The maximum Gasteiger partial charge on any atom is 0.0127 e. The second kappa shape index (κ2) is 12.2. The molecule has 0 amide bonds. The van der Waals surface area contributed by atoms with Crippen molar-refractivity contribution >= 4 is 0 Å². The molecule has 0 fully saturated rings. The summed E-state index contributed by atoms with van der Waals surface area (Å²) in [5, 5.41) is 0. The van der Waals surface area contributed by atoms with Crippen molar-refractivity contribution in [3.05, 3.63) is 144 Å². The van der Waals surface area contributed by atoms with E-state index in [4.69, 9.17) is 5.73 Å². The molecule has 0 heterocycles. The van der Waals surface area contributed by atoms with E-state index in [2.05, 4.69) is 121 Å². The van der Waals surface area contributed by atoms with Gasteiger partial charge in [-0.2, -0.15) is 0 Å². The molecule has 0 bridgehead atoms. The molecule has 0 unspecified atom stereocenters. The highest BCUT2D eigenvalue weighted by Crippen LogP contribution is 2.46. The number of hydrogen-bond donors (Lipinski definition) is 1. The average Bonchev–Trinajstić information content (AvgIpc) is 2.89. The van der Waals surface area contributed by atoms with E-state index in [1.54, 1.807) is 0 Å². The van der Waals surface area contributed by atoms with Gasteiger partial charge in [-0.25, -0.2) is 0 Å². The van der Waals surface area contributed by atoms with Crippen LogP contribution in [0.1, 0.15) is 59.8 Å². The Hall–Kier alpha value is -3.16. The van der Waals surface area contributed by atoms with Gasteiger partial charge >= 0.3 is 0 Å². The van der Waals surface area contributed by atoms with E-state index in [0.29, 0.717) is 17.8 Å². The molecule has 4 aromatic carbocycles. The van der Waals surface area contributed by atoms with Crippen molar-refractivity contribution in [2.75, 3.05) is 6.54 Å². The van der Waals surface area contributed by atoms with Crippen LogP contribution < -0.4 is 5.73 Å². The van der Waals surface area contributed by atoms with Crippen LogP contribution in [0, 0.1) is 5.92 Å². The molecular formula is C32H35N. The molecule has 0 aliphatic carbocycles. The smallest absolute Gasteiger partial charge is 0.0127 e. The summed E-state index contributed by atoms with van der Waals surface area (Å²) in [7, 11) is 0. The molecule has 0 atom stereocenters. The van der Waals surface area contributed by atoms with Crippen LogP contribution in [-0.2, 0) is 0 Å². The van der Waals surface area contributed by atoms with Crippen molar-refractivity contribution in [2.45, 2.75) is 37.5 Å². The van der Waals surface area contributed by atoms with Crippen molar-refractivity contribution < 1.29 is 0 Å². The quantitative estimate of drug-likeness (QED) is 0.240. The van der Waals surface area contributed by atoms with E-state index >= 15 is 0 Å². The lowest BCUT2D eigenvalue weighted by Crippen LogP contribution is -2.23. The Morgan fingerprint density at radius 1 is 0.424 bits per heavy atom. The number of benzene rings is 4. The largest absolute Gasteiger partial charge is 0.330 e. The molecule has 2 N–H and O–H groups in total. The normalized spacial score (nSPS) is 11.4. The lowest BCUT2D eigenvalue weighted by atomic mass is 9.68. The third-order valence-electron chi connectivity index (χ3n) is 6.73. The first kappa shape index (κ1) is 23.0. The lowest BCUT2D eigenvalue weighted by molar-refractivity contribution is 0.372. The maximum absolute atomic E-state index is 5.83. The van der Waals surface area contributed by atoms with Crippen LogP contribution in [0.5, 0.6) is 0 Å². The Morgan fingerprint density at radius 3 is 1.06 bits per heavy atom. The lowest BCUT2D eigenvalue weighted by Gasteiger charge is -2.36. The SMILES string of the molecule is NCCCCCC(C(c1ccccc1)c1ccccc1)C(c1ccccc1)c1ccccc1. The summed E-state index contributed by atoms with van der Waals surface area (Å²) in [5.74, 6) is 1.06. The predicted molar refractivity (Wildman–Crippen MR) is 140 cm³/mol. The Balaban J connectivity index is 1.85. The summed E-state index contributed by atoms with van der Waals surface area (Å²) < 4.78 is 0. The van der Waals surface area contributed by atoms with Gasteiger partial charge in [0.2, 0.25) is 0 Å². The van der Waals surface area contributed by atoms with E-state index in [0.717, 1.165) is 19.4 Å². The molecule has 168 valence electrons. The maximum atomic E-state index is 5.83. The summed E-state index contributed by atoms with van der Waals surface area (Å²) in [4.78, 5) is 0. The molecule has 33 heavy (non-hydrogen) atoms. The van der Waals surface area contributed by atoms with Crippen LogP contribution in [0.2, 0.25) is 0 Å². The Morgan fingerprint density at radius 2 is 0.758 bits per heavy atom. The first-order valence-corrected chi connectivity index (χ1v) is 12.3. The van der Waals surface area contributed by atoms with Gasteiger partial charge < -0.3 is 5.73 Å².